The molecule has 0 aromatic heterocycles. The van der Waals surface area contributed by atoms with Crippen LogP contribution in [0.3, 0.4) is 0 Å². The highest BCUT2D eigenvalue weighted by Gasteiger charge is 2.41. The van der Waals surface area contributed by atoms with Crippen molar-refractivity contribution in [2.75, 3.05) is 26.2 Å². The molecule has 4 unspecified atom stereocenters. The maximum absolute atomic E-state index is 5.93. The highest BCUT2D eigenvalue weighted by atomic mass is 16.5. The summed E-state index contributed by atoms with van der Waals surface area (Å²) in [7, 11) is 0. The fraction of sp³-hybridized carbons (Fsp3) is 0.944. The number of nitrogens with zero attached hydrogens (tertiary/aromatic N) is 2. The lowest BCUT2D eigenvalue weighted by atomic mass is 9.96. The summed E-state index contributed by atoms with van der Waals surface area (Å²) < 4.78 is 5.93. The molecule has 5 nitrogen and oxygen atoms in total. The zero-order valence-corrected chi connectivity index (χ0v) is 14.9. The Hall–Kier alpha value is -0.810. The van der Waals surface area contributed by atoms with Gasteiger partial charge < -0.3 is 20.3 Å². The van der Waals surface area contributed by atoms with E-state index in [1.807, 2.05) is 0 Å². The van der Waals surface area contributed by atoms with Gasteiger partial charge in [-0.05, 0) is 58.9 Å². The number of guanidine groups is 1. The second kappa shape index (κ2) is 8.34. The van der Waals surface area contributed by atoms with Crippen LogP contribution in [0.25, 0.3) is 0 Å². The number of likely N-dealkylation sites (tertiary alicyclic amines) is 1. The lowest BCUT2D eigenvalue weighted by Crippen LogP contribution is -2.47. The number of hydrogen-bond donors (Lipinski definition) is 2. The van der Waals surface area contributed by atoms with E-state index >= 15 is 0 Å². The minimum Gasteiger partial charge on any atom is -0.373 e. The van der Waals surface area contributed by atoms with Crippen LogP contribution in [-0.2, 0) is 4.74 Å². The number of piperidine rings is 1. The van der Waals surface area contributed by atoms with Gasteiger partial charge in [0.1, 0.15) is 0 Å². The molecule has 132 valence electrons. The van der Waals surface area contributed by atoms with E-state index in [-0.39, 0.29) is 0 Å². The topological polar surface area (TPSA) is 48.9 Å². The average molecular weight is 322 g/mol. The third kappa shape index (κ3) is 4.60. The fourth-order valence-electron chi connectivity index (χ4n) is 4.24. The highest BCUT2D eigenvalue weighted by Crippen LogP contribution is 2.34. The van der Waals surface area contributed by atoms with Gasteiger partial charge in [0.05, 0.1) is 18.2 Å². The standard InChI is InChI=1S/C18H34N4O/c1-3-19-18(21-16-13-15-8-9-17(16)23-15)20-10-6-12-22-11-5-4-7-14(22)2/h14-17H,3-13H2,1-2H3,(H2,19,20,21). The second-order valence-corrected chi connectivity index (χ2v) is 7.36. The van der Waals surface area contributed by atoms with E-state index in [2.05, 4.69) is 29.4 Å². The van der Waals surface area contributed by atoms with Crippen LogP contribution in [0.4, 0.5) is 0 Å². The largest absolute Gasteiger partial charge is 0.373 e. The Morgan fingerprint density at radius 3 is 2.87 bits per heavy atom. The Morgan fingerprint density at radius 1 is 1.26 bits per heavy atom. The number of ether oxygens (including phenoxy) is 1. The lowest BCUT2D eigenvalue weighted by Gasteiger charge is -2.33. The summed E-state index contributed by atoms with van der Waals surface area (Å²) in [5, 5.41) is 6.98. The lowest BCUT2D eigenvalue weighted by molar-refractivity contribution is 0.0992. The molecule has 0 saturated carbocycles. The molecule has 0 aromatic carbocycles. The molecule has 3 rings (SSSR count). The van der Waals surface area contributed by atoms with E-state index in [0.29, 0.717) is 18.2 Å². The van der Waals surface area contributed by atoms with Crippen molar-refractivity contribution in [2.24, 2.45) is 4.99 Å². The Labute approximate surface area is 141 Å². The van der Waals surface area contributed by atoms with E-state index in [1.54, 1.807) is 0 Å². The molecule has 0 spiro atoms. The van der Waals surface area contributed by atoms with Crippen molar-refractivity contribution in [1.29, 1.82) is 0 Å². The van der Waals surface area contributed by atoms with Crippen molar-refractivity contribution in [1.82, 2.24) is 15.5 Å². The van der Waals surface area contributed by atoms with Gasteiger partial charge >= 0.3 is 0 Å². The first-order chi connectivity index (χ1) is 11.3. The van der Waals surface area contributed by atoms with Gasteiger partial charge in [-0.3, -0.25) is 4.99 Å². The predicted octanol–water partition coefficient (Wildman–Crippen LogP) is 2.13. The van der Waals surface area contributed by atoms with Gasteiger partial charge in [-0.2, -0.15) is 0 Å². The van der Waals surface area contributed by atoms with Gasteiger partial charge in [-0.15, -0.1) is 0 Å². The fourth-order valence-corrected chi connectivity index (χ4v) is 4.24. The van der Waals surface area contributed by atoms with Crippen molar-refractivity contribution < 1.29 is 4.74 Å². The van der Waals surface area contributed by atoms with Crippen LogP contribution in [0.2, 0.25) is 0 Å². The molecule has 23 heavy (non-hydrogen) atoms. The van der Waals surface area contributed by atoms with Gasteiger partial charge in [0.2, 0.25) is 0 Å². The van der Waals surface area contributed by atoms with Crippen molar-refractivity contribution in [3.63, 3.8) is 0 Å². The Balaban J connectivity index is 1.41. The number of fused-ring (bicyclic) bond motifs is 2. The molecule has 0 aromatic rings. The van der Waals surface area contributed by atoms with E-state index in [9.17, 15) is 0 Å². The van der Waals surface area contributed by atoms with Crippen molar-refractivity contribution in [2.45, 2.75) is 83.1 Å². The third-order valence-corrected chi connectivity index (χ3v) is 5.59. The average Bonchev–Trinajstić information content (AvgIpc) is 3.16. The molecule has 5 heteroatoms. The zero-order chi connectivity index (χ0) is 16.1. The van der Waals surface area contributed by atoms with Gasteiger partial charge in [-0.25, -0.2) is 0 Å². The first-order valence-corrected chi connectivity index (χ1v) is 9.70. The summed E-state index contributed by atoms with van der Waals surface area (Å²) in [6, 6.07) is 1.21. The second-order valence-electron chi connectivity index (χ2n) is 7.36. The summed E-state index contributed by atoms with van der Waals surface area (Å²) in [5.41, 5.74) is 0. The predicted molar refractivity (Wildman–Crippen MR) is 94.9 cm³/mol. The van der Waals surface area contributed by atoms with Crippen LogP contribution in [0.15, 0.2) is 4.99 Å². The summed E-state index contributed by atoms with van der Waals surface area (Å²) >= 11 is 0. The molecule has 0 amide bonds. The maximum Gasteiger partial charge on any atom is 0.191 e. The summed E-state index contributed by atoms with van der Waals surface area (Å²) in [5.74, 6) is 0.973. The van der Waals surface area contributed by atoms with Gasteiger partial charge in [0.25, 0.3) is 0 Å². The molecule has 4 atom stereocenters. The molecular formula is C18H34N4O. The van der Waals surface area contributed by atoms with Crippen molar-refractivity contribution in [3.05, 3.63) is 0 Å². The van der Waals surface area contributed by atoms with E-state index in [1.165, 1.54) is 45.2 Å². The quantitative estimate of drug-likeness (QED) is 0.447. The smallest absolute Gasteiger partial charge is 0.191 e. The molecule has 2 bridgehead atoms. The number of aliphatic imine (C=N–C) groups is 1. The zero-order valence-electron chi connectivity index (χ0n) is 14.9. The third-order valence-electron chi connectivity index (χ3n) is 5.59. The molecule has 3 fully saturated rings. The van der Waals surface area contributed by atoms with Crippen LogP contribution >= 0.6 is 0 Å². The molecule has 0 aliphatic carbocycles. The normalized spacial score (nSPS) is 34.8. The Bertz CT molecular complexity index is 400. The number of hydrogen-bond acceptors (Lipinski definition) is 3. The molecule has 3 saturated heterocycles. The van der Waals surface area contributed by atoms with Crippen LogP contribution in [0, 0.1) is 0 Å². The van der Waals surface area contributed by atoms with Gasteiger partial charge in [-0.1, -0.05) is 6.42 Å². The summed E-state index contributed by atoms with van der Waals surface area (Å²) in [6.07, 6.45) is 9.74. The van der Waals surface area contributed by atoms with Gasteiger partial charge in [0, 0.05) is 25.7 Å². The molecular weight excluding hydrogens is 288 g/mol. The first-order valence-electron chi connectivity index (χ1n) is 9.70. The minimum atomic E-state index is 0.401. The Morgan fingerprint density at radius 2 is 2.17 bits per heavy atom. The van der Waals surface area contributed by atoms with Crippen molar-refractivity contribution in [3.8, 4) is 0 Å². The van der Waals surface area contributed by atoms with Crippen LogP contribution in [0.1, 0.15) is 58.8 Å². The Kier molecular flexibility index (Phi) is 6.17. The molecule has 0 radical (unpaired) electrons. The first kappa shape index (κ1) is 17.0. The van der Waals surface area contributed by atoms with Crippen LogP contribution in [0.5, 0.6) is 0 Å². The monoisotopic (exact) mass is 322 g/mol. The summed E-state index contributed by atoms with van der Waals surface area (Å²) in [4.78, 5) is 7.41. The highest BCUT2D eigenvalue weighted by molar-refractivity contribution is 5.80. The van der Waals surface area contributed by atoms with Crippen LogP contribution in [-0.4, -0.2) is 61.3 Å². The maximum atomic E-state index is 5.93. The van der Waals surface area contributed by atoms with Crippen molar-refractivity contribution >= 4 is 5.96 Å². The summed E-state index contributed by atoms with van der Waals surface area (Å²) in [6.45, 7) is 8.76. The molecule has 3 aliphatic rings. The molecule has 3 heterocycles. The van der Waals surface area contributed by atoms with E-state index in [4.69, 9.17) is 9.73 Å². The molecule has 3 aliphatic heterocycles. The molecule has 2 N–H and O–H groups in total. The number of nitrogens with one attached hydrogen (secondary N) is 2. The minimum absolute atomic E-state index is 0.401. The van der Waals surface area contributed by atoms with E-state index < -0.39 is 0 Å². The number of rotatable bonds is 6. The van der Waals surface area contributed by atoms with Gasteiger partial charge in [0.15, 0.2) is 5.96 Å². The van der Waals surface area contributed by atoms with E-state index in [0.717, 1.165) is 37.9 Å². The van der Waals surface area contributed by atoms with Crippen LogP contribution < -0.4 is 10.6 Å². The SMILES string of the molecule is CCNC(=NCCCN1CCCCC1C)NC1CC2CCC1O2.